The van der Waals surface area contributed by atoms with Crippen molar-refractivity contribution in [1.29, 1.82) is 0 Å². The zero-order valence-corrected chi connectivity index (χ0v) is 20.8. The molecule has 8 heteroatoms. The normalized spacial score (nSPS) is 12.0. The van der Waals surface area contributed by atoms with E-state index >= 15 is 0 Å². The first-order valence-electron chi connectivity index (χ1n) is 12.5. The van der Waals surface area contributed by atoms with Gasteiger partial charge < -0.3 is 4.42 Å². The van der Waals surface area contributed by atoms with Crippen molar-refractivity contribution in [3.8, 4) is 34.2 Å². The minimum Gasteiger partial charge on any atom is -0.456 e. The van der Waals surface area contributed by atoms with E-state index in [1.807, 2.05) is 48.5 Å². The molecule has 2 radical (unpaired) electrons. The molecule has 0 saturated heterocycles. The van der Waals surface area contributed by atoms with Gasteiger partial charge in [-0.05, 0) is 41.1 Å². The number of hydrogen-bond donors (Lipinski definition) is 0. The summed E-state index contributed by atoms with van der Waals surface area (Å²) in [5.74, 6) is 0.995. The van der Waals surface area contributed by atoms with Gasteiger partial charge in [0.1, 0.15) is 19.0 Å². The highest BCUT2D eigenvalue weighted by molar-refractivity contribution is 6.32. The lowest BCUT2D eigenvalue weighted by molar-refractivity contribution is -0.137. The zero-order chi connectivity index (χ0) is 27.4. The molecule has 2 heterocycles. The average Bonchev–Trinajstić information content (AvgIpc) is 3.33. The fraction of sp³-hybridized carbons (Fsp3) is 0.0312. The van der Waals surface area contributed by atoms with E-state index in [9.17, 15) is 13.2 Å². The van der Waals surface area contributed by atoms with Gasteiger partial charge in [0.05, 0.1) is 5.56 Å². The predicted molar refractivity (Wildman–Crippen MR) is 151 cm³/mol. The Morgan fingerprint density at radius 2 is 1.20 bits per heavy atom. The van der Waals surface area contributed by atoms with Gasteiger partial charge in [-0.1, -0.05) is 78.3 Å². The highest BCUT2D eigenvalue weighted by Crippen LogP contribution is 2.38. The maximum Gasteiger partial charge on any atom is 0.416 e. The Hall–Kier alpha value is -4.98. The second-order valence-corrected chi connectivity index (χ2v) is 9.48. The van der Waals surface area contributed by atoms with E-state index in [-0.39, 0.29) is 5.82 Å². The van der Waals surface area contributed by atoms with Gasteiger partial charge >= 0.3 is 6.18 Å². The third-order valence-corrected chi connectivity index (χ3v) is 6.88. The molecule has 0 saturated carbocycles. The van der Waals surface area contributed by atoms with Gasteiger partial charge in [-0.3, -0.25) is 0 Å². The van der Waals surface area contributed by atoms with Crippen LogP contribution in [0.25, 0.3) is 66.9 Å². The SMILES string of the molecule is [B]c1ccc(-c2nc(-c3ccc(C(F)(F)F)cc3)nc(-c3cccc4oc5cc6ccccc6cc5c34)n2)cc1. The second-order valence-electron chi connectivity index (χ2n) is 9.48. The molecular formula is C32H17BF3N3O. The summed E-state index contributed by atoms with van der Waals surface area (Å²) in [7, 11) is 5.88. The van der Waals surface area contributed by atoms with E-state index in [4.69, 9.17) is 22.2 Å². The van der Waals surface area contributed by atoms with Crippen molar-refractivity contribution in [2.45, 2.75) is 6.18 Å². The van der Waals surface area contributed by atoms with Crippen LogP contribution < -0.4 is 5.46 Å². The summed E-state index contributed by atoms with van der Waals surface area (Å²) in [6.07, 6.45) is -4.44. The van der Waals surface area contributed by atoms with Gasteiger partial charge in [-0.25, -0.2) is 15.0 Å². The average molecular weight is 527 g/mol. The Morgan fingerprint density at radius 3 is 1.85 bits per heavy atom. The lowest BCUT2D eigenvalue weighted by Crippen LogP contribution is -2.05. The van der Waals surface area contributed by atoms with Gasteiger partial charge in [-0.15, -0.1) is 0 Å². The fourth-order valence-electron chi connectivity index (χ4n) is 4.89. The lowest BCUT2D eigenvalue weighted by atomic mass is 9.95. The maximum absolute atomic E-state index is 13.2. The van der Waals surface area contributed by atoms with Gasteiger partial charge in [-0.2, -0.15) is 13.2 Å². The molecule has 40 heavy (non-hydrogen) atoms. The first-order valence-corrected chi connectivity index (χ1v) is 12.5. The Morgan fingerprint density at radius 1 is 0.600 bits per heavy atom. The highest BCUT2D eigenvalue weighted by atomic mass is 19.4. The Balaban J connectivity index is 1.47. The summed E-state index contributed by atoms with van der Waals surface area (Å²) in [6, 6.07) is 29.7. The number of rotatable bonds is 3. The molecule has 0 aliphatic carbocycles. The van der Waals surface area contributed by atoms with Crippen molar-refractivity contribution in [1.82, 2.24) is 15.0 Å². The van der Waals surface area contributed by atoms with Crippen molar-refractivity contribution in [3.05, 3.63) is 109 Å². The summed E-state index contributed by atoms with van der Waals surface area (Å²) >= 11 is 0. The molecule has 190 valence electrons. The molecule has 0 unspecified atom stereocenters. The van der Waals surface area contributed by atoms with Crippen LogP contribution >= 0.6 is 0 Å². The van der Waals surface area contributed by atoms with Crippen molar-refractivity contribution >= 4 is 46.0 Å². The van der Waals surface area contributed by atoms with E-state index in [0.29, 0.717) is 33.8 Å². The number of halogens is 3. The molecule has 0 aliphatic heterocycles. The van der Waals surface area contributed by atoms with Gasteiger partial charge in [0.2, 0.25) is 0 Å². The van der Waals surface area contributed by atoms with E-state index in [0.717, 1.165) is 44.8 Å². The molecule has 0 bridgehead atoms. The molecule has 7 rings (SSSR count). The smallest absolute Gasteiger partial charge is 0.416 e. The summed E-state index contributed by atoms with van der Waals surface area (Å²) in [5, 5.41) is 3.88. The largest absolute Gasteiger partial charge is 0.456 e. The first kappa shape index (κ1) is 24.1. The van der Waals surface area contributed by atoms with Crippen molar-refractivity contribution < 1.29 is 17.6 Å². The molecular weight excluding hydrogens is 510 g/mol. The maximum atomic E-state index is 13.2. The first-order chi connectivity index (χ1) is 19.3. The van der Waals surface area contributed by atoms with Gasteiger partial charge in [0, 0.05) is 27.5 Å². The summed E-state index contributed by atoms with van der Waals surface area (Å²) in [4.78, 5) is 14.2. The third-order valence-electron chi connectivity index (χ3n) is 6.88. The summed E-state index contributed by atoms with van der Waals surface area (Å²) in [6.45, 7) is 0. The van der Waals surface area contributed by atoms with Crippen molar-refractivity contribution in [2.75, 3.05) is 0 Å². The molecule has 2 aromatic heterocycles. The molecule has 5 aromatic carbocycles. The highest BCUT2D eigenvalue weighted by Gasteiger charge is 2.30. The number of furan rings is 1. The second kappa shape index (κ2) is 9.05. The third kappa shape index (κ3) is 4.18. The van der Waals surface area contributed by atoms with Crippen LogP contribution in [0.1, 0.15) is 5.56 Å². The van der Waals surface area contributed by atoms with Crippen LogP contribution in [0.15, 0.2) is 108 Å². The number of benzene rings is 5. The minimum absolute atomic E-state index is 0.251. The molecule has 0 N–H and O–H groups in total. The number of hydrogen-bond acceptors (Lipinski definition) is 4. The van der Waals surface area contributed by atoms with Crippen LogP contribution in [-0.4, -0.2) is 22.8 Å². The van der Waals surface area contributed by atoms with Crippen LogP contribution in [0.3, 0.4) is 0 Å². The Bertz CT molecular complexity index is 2050. The van der Waals surface area contributed by atoms with Gasteiger partial charge in [0.25, 0.3) is 0 Å². The summed E-state index contributed by atoms with van der Waals surface area (Å²) < 4.78 is 45.8. The Kier molecular flexibility index (Phi) is 5.45. The number of aromatic nitrogens is 3. The van der Waals surface area contributed by atoms with Gasteiger partial charge in [0.15, 0.2) is 17.5 Å². The van der Waals surface area contributed by atoms with E-state index in [1.54, 1.807) is 24.3 Å². The standard InChI is InChI=1S/C32H17BF3N3O/c33-23-14-10-19(11-15-23)30-37-29(18-8-12-22(13-9-18)32(34,35)36)38-31(39-30)24-6-3-7-26-28(24)25-16-20-4-1-2-5-21(20)17-27(25)40-26/h1-17H. The number of alkyl halides is 3. The van der Waals surface area contributed by atoms with Crippen molar-refractivity contribution in [2.24, 2.45) is 0 Å². The number of nitrogens with zero attached hydrogens (tertiary/aromatic N) is 3. The topological polar surface area (TPSA) is 51.8 Å². The van der Waals surface area contributed by atoms with Crippen LogP contribution in [0.4, 0.5) is 13.2 Å². The molecule has 0 atom stereocenters. The predicted octanol–water partition coefficient (Wildman–Crippen LogP) is 7.74. The van der Waals surface area contributed by atoms with Crippen LogP contribution in [-0.2, 0) is 6.18 Å². The molecule has 7 aromatic rings. The van der Waals surface area contributed by atoms with E-state index < -0.39 is 11.7 Å². The molecule has 0 spiro atoms. The van der Waals surface area contributed by atoms with Crippen LogP contribution in [0, 0.1) is 0 Å². The molecule has 4 nitrogen and oxygen atoms in total. The van der Waals surface area contributed by atoms with Crippen molar-refractivity contribution in [3.63, 3.8) is 0 Å². The fourth-order valence-corrected chi connectivity index (χ4v) is 4.89. The lowest BCUT2D eigenvalue weighted by Gasteiger charge is -2.10. The quantitative estimate of drug-likeness (QED) is 0.221. The summed E-state index contributed by atoms with van der Waals surface area (Å²) in [5.41, 5.74) is 3.10. The minimum atomic E-state index is -4.44. The molecule has 0 aliphatic rings. The Labute approximate surface area is 227 Å². The van der Waals surface area contributed by atoms with Crippen LogP contribution in [0.5, 0.6) is 0 Å². The molecule has 0 amide bonds. The molecule has 0 fully saturated rings. The monoisotopic (exact) mass is 527 g/mol. The number of fused-ring (bicyclic) bond motifs is 4. The van der Waals surface area contributed by atoms with E-state index in [2.05, 4.69) is 11.1 Å². The van der Waals surface area contributed by atoms with Crippen LogP contribution in [0.2, 0.25) is 0 Å². The zero-order valence-electron chi connectivity index (χ0n) is 20.8. The van der Waals surface area contributed by atoms with E-state index in [1.165, 1.54) is 12.1 Å².